The number of rotatable bonds is 4. The lowest BCUT2D eigenvalue weighted by Gasteiger charge is -2.38. The maximum atomic E-state index is 12.4. The van der Waals surface area contributed by atoms with Crippen molar-refractivity contribution >= 4 is 26.8 Å². The van der Waals surface area contributed by atoms with E-state index in [1.165, 1.54) is 12.4 Å². The van der Waals surface area contributed by atoms with Gasteiger partial charge in [-0.05, 0) is 19.1 Å². The number of hydrogen-bond acceptors (Lipinski definition) is 8. The van der Waals surface area contributed by atoms with Crippen LogP contribution in [0.3, 0.4) is 0 Å². The van der Waals surface area contributed by atoms with Gasteiger partial charge in [-0.25, -0.2) is 0 Å². The van der Waals surface area contributed by atoms with E-state index in [2.05, 4.69) is 14.2 Å². The molecular formula is C16H15F3N4O4S. The molecule has 0 amide bonds. The standard InChI is InChI=1S/C16H15F3N4O4S/c1-10-7-23(8-12(27-10)9-26-28(24,25)16(17,18)19)13-3-2-11(6-20)14-15(13)22-5-4-21-14/h2-5,10,12H,7-9H2,1H3/t10-,12-/m1/s1. The number of nitrogens with zero attached hydrogens (tertiary/aromatic N) is 4. The largest absolute Gasteiger partial charge is 0.523 e. The fraction of sp³-hybridized carbons (Fsp3) is 0.438. The highest BCUT2D eigenvalue weighted by Crippen LogP contribution is 2.30. The first-order valence-electron chi connectivity index (χ1n) is 8.12. The van der Waals surface area contributed by atoms with Gasteiger partial charge in [0.25, 0.3) is 0 Å². The first kappa shape index (κ1) is 20.2. The molecule has 0 spiro atoms. The van der Waals surface area contributed by atoms with Gasteiger partial charge in [-0.1, -0.05) is 0 Å². The zero-order chi connectivity index (χ0) is 20.5. The average Bonchev–Trinajstić information content (AvgIpc) is 2.64. The number of halogens is 3. The van der Waals surface area contributed by atoms with Gasteiger partial charge in [-0.15, -0.1) is 0 Å². The van der Waals surface area contributed by atoms with Crippen molar-refractivity contribution < 1.29 is 30.5 Å². The Morgan fingerprint density at radius 2 is 1.96 bits per heavy atom. The molecule has 0 radical (unpaired) electrons. The Labute approximate surface area is 158 Å². The van der Waals surface area contributed by atoms with E-state index in [4.69, 9.17) is 4.74 Å². The van der Waals surface area contributed by atoms with Crippen LogP contribution in [0.4, 0.5) is 18.9 Å². The van der Waals surface area contributed by atoms with Crippen molar-refractivity contribution in [1.29, 1.82) is 5.26 Å². The highest BCUT2D eigenvalue weighted by Gasteiger charge is 2.47. The van der Waals surface area contributed by atoms with Gasteiger partial charge in [0, 0.05) is 25.5 Å². The van der Waals surface area contributed by atoms with Crippen molar-refractivity contribution in [2.24, 2.45) is 0 Å². The fourth-order valence-corrected chi connectivity index (χ4v) is 3.42. The third-order valence-electron chi connectivity index (χ3n) is 4.08. The van der Waals surface area contributed by atoms with Gasteiger partial charge >= 0.3 is 15.6 Å². The SMILES string of the molecule is C[C@@H]1CN(c2ccc(C#N)c3nccnc23)C[C@H](COS(=O)(=O)C(F)(F)F)O1. The number of anilines is 1. The van der Waals surface area contributed by atoms with Crippen LogP contribution in [0.25, 0.3) is 11.0 Å². The lowest BCUT2D eigenvalue weighted by molar-refractivity contribution is -0.0656. The highest BCUT2D eigenvalue weighted by atomic mass is 32.2. The fourth-order valence-electron chi connectivity index (χ4n) is 2.95. The summed E-state index contributed by atoms with van der Waals surface area (Å²) < 4.78 is 69.2. The number of aromatic nitrogens is 2. The third-order valence-corrected chi connectivity index (χ3v) is 5.10. The van der Waals surface area contributed by atoms with Gasteiger partial charge in [0.15, 0.2) is 0 Å². The number of benzene rings is 1. The molecule has 1 fully saturated rings. The Bertz CT molecular complexity index is 1020. The first-order valence-corrected chi connectivity index (χ1v) is 9.53. The summed E-state index contributed by atoms with van der Waals surface area (Å²) in [6.07, 6.45) is 1.60. The van der Waals surface area contributed by atoms with Crippen LogP contribution in [0.2, 0.25) is 0 Å². The Morgan fingerprint density at radius 1 is 1.29 bits per heavy atom. The number of fused-ring (bicyclic) bond motifs is 1. The van der Waals surface area contributed by atoms with E-state index in [9.17, 15) is 26.9 Å². The summed E-state index contributed by atoms with van der Waals surface area (Å²) in [7, 11) is -5.70. The molecule has 0 unspecified atom stereocenters. The maximum Gasteiger partial charge on any atom is 0.523 e. The Morgan fingerprint density at radius 3 is 2.61 bits per heavy atom. The van der Waals surface area contributed by atoms with Crippen LogP contribution in [0.5, 0.6) is 0 Å². The Hall–Kier alpha value is -2.49. The van der Waals surface area contributed by atoms with Crippen LogP contribution in [0, 0.1) is 11.3 Å². The normalized spacial score (nSPS) is 20.9. The van der Waals surface area contributed by atoms with E-state index >= 15 is 0 Å². The minimum Gasteiger partial charge on any atom is -0.369 e. The molecule has 0 saturated carbocycles. The molecule has 1 aromatic heterocycles. The second-order valence-electron chi connectivity index (χ2n) is 6.16. The van der Waals surface area contributed by atoms with Crippen molar-refractivity contribution in [3.8, 4) is 6.07 Å². The average molecular weight is 416 g/mol. The number of nitriles is 1. The summed E-state index contributed by atoms with van der Waals surface area (Å²) in [5.74, 6) is 0. The molecule has 2 aromatic rings. The molecule has 0 bridgehead atoms. The van der Waals surface area contributed by atoms with E-state index in [1.54, 1.807) is 24.0 Å². The van der Waals surface area contributed by atoms with E-state index in [0.717, 1.165) is 0 Å². The van der Waals surface area contributed by atoms with Gasteiger partial charge in [-0.2, -0.15) is 26.9 Å². The lowest BCUT2D eigenvalue weighted by Crippen LogP contribution is -2.49. The summed E-state index contributed by atoms with van der Waals surface area (Å²) in [5, 5.41) is 9.22. The predicted molar refractivity (Wildman–Crippen MR) is 91.7 cm³/mol. The number of hydrogen-bond donors (Lipinski definition) is 0. The molecular weight excluding hydrogens is 401 g/mol. The summed E-state index contributed by atoms with van der Waals surface area (Å²) in [6.45, 7) is 1.40. The molecule has 3 rings (SSSR count). The minimum absolute atomic E-state index is 0.0787. The Balaban J connectivity index is 1.84. The van der Waals surface area contributed by atoms with Crippen LogP contribution in [0.15, 0.2) is 24.5 Å². The summed E-state index contributed by atoms with van der Waals surface area (Å²) in [6, 6.07) is 5.27. The van der Waals surface area contributed by atoms with Crippen molar-refractivity contribution in [3.63, 3.8) is 0 Å². The van der Waals surface area contributed by atoms with Crippen molar-refractivity contribution in [1.82, 2.24) is 9.97 Å². The number of ether oxygens (including phenoxy) is 1. The van der Waals surface area contributed by atoms with Gasteiger partial charge in [0.2, 0.25) is 0 Å². The molecule has 1 aliphatic rings. The predicted octanol–water partition coefficient (Wildman–Crippen LogP) is 1.96. The highest BCUT2D eigenvalue weighted by molar-refractivity contribution is 7.87. The van der Waals surface area contributed by atoms with E-state index in [0.29, 0.717) is 28.8 Å². The molecule has 1 aromatic carbocycles. The van der Waals surface area contributed by atoms with Crippen molar-refractivity contribution in [3.05, 3.63) is 30.1 Å². The molecule has 8 nitrogen and oxygen atoms in total. The van der Waals surface area contributed by atoms with Crippen LogP contribution in [0.1, 0.15) is 12.5 Å². The number of morpholine rings is 1. The smallest absolute Gasteiger partial charge is 0.369 e. The summed E-state index contributed by atoms with van der Waals surface area (Å²) in [5.41, 5.74) is -3.69. The van der Waals surface area contributed by atoms with Gasteiger partial charge in [0.05, 0.1) is 24.0 Å². The molecule has 0 N–H and O–H groups in total. The zero-order valence-corrected chi connectivity index (χ0v) is 15.4. The molecule has 1 saturated heterocycles. The molecule has 2 heterocycles. The molecule has 12 heteroatoms. The topological polar surface area (TPSA) is 105 Å². The molecule has 0 aliphatic carbocycles. The van der Waals surface area contributed by atoms with Gasteiger partial charge in [-0.3, -0.25) is 14.2 Å². The quantitative estimate of drug-likeness (QED) is 0.550. The second kappa shape index (κ2) is 7.50. The third kappa shape index (κ3) is 4.01. The van der Waals surface area contributed by atoms with Gasteiger partial charge in [0.1, 0.15) is 23.2 Å². The van der Waals surface area contributed by atoms with Crippen LogP contribution in [-0.4, -0.2) is 55.8 Å². The second-order valence-corrected chi connectivity index (χ2v) is 7.76. The van der Waals surface area contributed by atoms with E-state index in [-0.39, 0.29) is 6.54 Å². The number of alkyl halides is 3. The molecule has 150 valence electrons. The van der Waals surface area contributed by atoms with Crippen molar-refractivity contribution in [2.45, 2.75) is 24.6 Å². The lowest BCUT2D eigenvalue weighted by atomic mass is 10.1. The maximum absolute atomic E-state index is 12.4. The van der Waals surface area contributed by atoms with E-state index in [1.807, 2.05) is 6.07 Å². The van der Waals surface area contributed by atoms with E-state index < -0.39 is 34.4 Å². The van der Waals surface area contributed by atoms with Crippen molar-refractivity contribution in [2.75, 3.05) is 24.6 Å². The first-order chi connectivity index (χ1) is 13.1. The van der Waals surface area contributed by atoms with Crippen LogP contribution >= 0.6 is 0 Å². The monoisotopic (exact) mass is 416 g/mol. The van der Waals surface area contributed by atoms with Crippen LogP contribution < -0.4 is 4.90 Å². The summed E-state index contributed by atoms with van der Waals surface area (Å²) in [4.78, 5) is 10.2. The summed E-state index contributed by atoms with van der Waals surface area (Å²) >= 11 is 0. The zero-order valence-electron chi connectivity index (χ0n) is 14.5. The molecule has 1 aliphatic heterocycles. The molecule has 28 heavy (non-hydrogen) atoms. The molecule has 2 atom stereocenters. The van der Waals surface area contributed by atoms with Crippen LogP contribution in [-0.2, 0) is 19.0 Å². The van der Waals surface area contributed by atoms with Gasteiger partial charge < -0.3 is 9.64 Å². The Kier molecular flexibility index (Phi) is 5.42. The minimum atomic E-state index is -5.70.